The number of amides is 1. The van der Waals surface area contributed by atoms with Gasteiger partial charge in [0.2, 0.25) is 0 Å². The quantitative estimate of drug-likeness (QED) is 0.721. The molecule has 0 bridgehead atoms. The molecule has 2 N–H and O–H groups in total. The topological polar surface area (TPSA) is 66.9 Å². The zero-order valence-corrected chi connectivity index (χ0v) is 13.8. The van der Waals surface area contributed by atoms with Crippen LogP contribution < -0.4 is 10.6 Å². The van der Waals surface area contributed by atoms with Gasteiger partial charge in [0.25, 0.3) is 5.91 Å². The minimum atomic E-state index is -0.352. The molecule has 0 aliphatic rings. The summed E-state index contributed by atoms with van der Waals surface area (Å²) < 4.78 is 12.9. The van der Waals surface area contributed by atoms with E-state index in [4.69, 9.17) is 11.6 Å². The Morgan fingerprint density at radius 2 is 1.76 bits per heavy atom. The normalized spacial score (nSPS) is 10.3. The fraction of sp³-hybridized carbons (Fsp3) is 0.0556. The number of halogens is 2. The standard InChI is InChI=1S/C18H14ClFN4O/c19-13-3-7-15(8-4-13)24-18(25)16-9-17(23-11-22-16)21-10-12-1-5-14(20)6-2-12/h1-9,11H,10H2,(H,24,25)(H,21,22,23). The Labute approximate surface area is 148 Å². The van der Waals surface area contributed by atoms with Gasteiger partial charge in [-0.15, -0.1) is 0 Å². The van der Waals surface area contributed by atoms with Gasteiger partial charge in [-0.05, 0) is 42.0 Å². The predicted octanol–water partition coefficient (Wildman–Crippen LogP) is 4.13. The van der Waals surface area contributed by atoms with Crippen molar-refractivity contribution in [2.75, 3.05) is 10.6 Å². The molecule has 126 valence electrons. The van der Waals surface area contributed by atoms with Gasteiger partial charge >= 0.3 is 0 Å². The largest absolute Gasteiger partial charge is 0.366 e. The van der Waals surface area contributed by atoms with Crippen molar-refractivity contribution in [1.82, 2.24) is 9.97 Å². The third-order valence-electron chi connectivity index (χ3n) is 3.39. The highest BCUT2D eigenvalue weighted by molar-refractivity contribution is 6.30. The molecule has 3 aromatic rings. The number of hydrogen-bond acceptors (Lipinski definition) is 4. The highest BCUT2D eigenvalue weighted by Gasteiger charge is 2.09. The summed E-state index contributed by atoms with van der Waals surface area (Å²) in [5.74, 6) is -0.137. The minimum Gasteiger partial charge on any atom is -0.366 e. The van der Waals surface area contributed by atoms with E-state index in [0.717, 1.165) is 5.56 Å². The van der Waals surface area contributed by atoms with Gasteiger partial charge in [-0.1, -0.05) is 23.7 Å². The van der Waals surface area contributed by atoms with E-state index in [9.17, 15) is 9.18 Å². The molecule has 0 saturated heterocycles. The van der Waals surface area contributed by atoms with Crippen LogP contribution in [0, 0.1) is 5.82 Å². The maximum absolute atomic E-state index is 12.9. The molecule has 0 aliphatic heterocycles. The van der Waals surface area contributed by atoms with E-state index in [1.54, 1.807) is 42.5 Å². The molecule has 0 unspecified atom stereocenters. The molecule has 0 radical (unpaired) electrons. The molecule has 3 rings (SSSR count). The summed E-state index contributed by atoms with van der Waals surface area (Å²) in [6.45, 7) is 0.454. The van der Waals surface area contributed by atoms with Crippen LogP contribution in [-0.2, 0) is 6.54 Å². The Morgan fingerprint density at radius 3 is 2.48 bits per heavy atom. The summed E-state index contributed by atoms with van der Waals surface area (Å²) in [7, 11) is 0. The van der Waals surface area contributed by atoms with E-state index in [-0.39, 0.29) is 17.4 Å². The molecule has 0 saturated carbocycles. The van der Waals surface area contributed by atoms with Crippen LogP contribution in [0.4, 0.5) is 15.9 Å². The number of nitrogens with zero attached hydrogens (tertiary/aromatic N) is 2. The predicted molar refractivity (Wildman–Crippen MR) is 95.2 cm³/mol. The first-order valence-electron chi connectivity index (χ1n) is 7.47. The number of hydrogen-bond donors (Lipinski definition) is 2. The van der Waals surface area contributed by atoms with Crippen LogP contribution in [-0.4, -0.2) is 15.9 Å². The molecule has 0 atom stereocenters. The maximum atomic E-state index is 12.9. The number of benzene rings is 2. The Kier molecular flexibility index (Phi) is 5.20. The molecule has 0 aliphatic carbocycles. The second-order valence-corrected chi connectivity index (χ2v) is 5.67. The molecule has 0 spiro atoms. The Balaban J connectivity index is 1.64. The number of nitrogens with one attached hydrogen (secondary N) is 2. The highest BCUT2D eigenvalue weighted by Crippen LogP contribution is 2.15. The van der Waals surface area contributed by atoms with E-state index >= 15 is 0 Å². The van der Waals surface area contributed by atoms with Crippen molar-refractivity contribution in [3.05, 3.63) is 83.0 Å². The fourth-order valence-corrected chi connectivity index (χ4v) is 2.23. The second-order valence-electron chi connectivity index (χ2n) is 5.23. The van der Waals surface area contributed by atoms with Crippen molar-refractivity contribution in [1.29, 1.82) is 0 Å². The molecule has 2 aromatic carbocycles. The van der Waals surface area contributed by atoms with E-state index < -0.39 is 0 Å². The lowest BCUT2D eigenvalue weighted by atomic mass is 10.2. The second kappa shape index (κ2) is 7.72. The van der Waals surface area contributed by atoms with Gasteiger partial charge in [0.05, 0.1) is 0 Å². The average Bonchev–Trinajstić information content (AvgIpc) is 2.63. The highest BCUT2D eigenvalue weighted by atomic mass is 35.5. The third-order valence-corrected chi connectivity index (χ3v) is 3.64. The van der Waals surface area contributed by atoms with E-state index in [2.05, 4.69) is 20.6 Å². The van der Waals surface area contributed by atoms with Crippen LogP contribution in [0.3, 0.4) is 0 Å². The van der Waals surface area contributed by atoms with E-state index in [1.807, 2.05) is 0 Å². The lowest BCUT2D eigenvalue weighted by Gasteiger charge is -2.08. The summed E-state index contributed by atoms with van der Waals surface area (Å²) in [4.78, 5) is 20.3. The van der Waals surface area contributed by atoms with Crippen LogP contribution in [0.2, 0.25) is 5.02 Å². The minimum absolute atomic E-state index is 0.228. The lowest BCUT2D eigenvalue weighted by molar-refractivity contribution is 0.102. The Morgan fingerprint density at radius 1 is 1.04 bits per heavy atom. The van der Waals surface area contributed by atoms with Crippen LogP contribution in [0.1, 0.15) is 16.1 Å². The van der Waals surface area contributed by atoms with Gasteiger partial charge in [0, 0.05) is 23.3 Å². The number of rotatable bonds is 5. The van der Waals surface area contributed by atoms with E-state index in [1.165, 1.54) is 18.5 Å². The zero-order chi connectivity index (χ0) is 17.6. The summed E-state index contributed by atoms with van der Waals surface area (Å²) in [6.07, 6.45) is 1.31. The van der Waals surface area contributed by atoms with Crippen molar-refractivity contribution < 1.29 is 9.18 Å². The van der Waals surface area contributed by atoms with Crippen LogP contribution in [0.15, 0.2) is 60.9 Å². The van der Waals surface area contributed by atoms with E-state index in [0.29, 0.717) is 23.1 Å². The summed E-state index contributed by atoms with van der Waals surface area (Å²) in [6, 6.07) is 14.5. The number of carbonyl (C=O) groups is 1. The first kappa shape index (κ1) is 16.9. The van der Waals surface area contributed by atoms with Crippen molar-refractivity contribution in [3.8, 4) is 0 Å². The molecule has 25 heavy (non-hydrogen) atoms. The SMILES string of the molecule is O=C(Nc1ccc(Cl)cc1)c1cc(NCc2ccc(F)cc2)ncn1. The summed E-state index contributed by atoms with van der Waals surface area (Å²) in [5, 5.41) is 6.40. The van der Waals surface area contributed by atoms with Crippen molar-refractivity contribution in [2.24, 2.45) is 0 Å². The molecule has 0 fully saturated rings. The third kappa shape index (κ3) is 4.74. The molecule has 7 heteroatoms. The van der Waals surface area contributed by atoms with Gasteiger partial charge in [0.1, 0.15) is 23.7 Å². The monoisotopic (exact) mass is 356 g/mol. The summed E-state index contributed by atoms with van der Waals surface area (Å²) >= 11 is 5.82. The maximum Gasteiger partial charge on any atom is 0.274 e. The van der Waals surface area contributed by atoms with Gasteiger partial charge in [0.15, 0.2) is 0 Å². The first-order valence-corrected chi connectivity index (χ1v) is 7.85. The summed E-state index contributed by atoms with van der Waals surface area (Å²) in [5.41, 5.74) is 1.74. The van der Waals surface area contributed by atoms with Crippen LogP contribution >= 0.6 is 11.6 Å². The fourth-order valence-electron chi connectivity index (χ4n) is 2.10. The number of carbonyl (C=O) groups excluding carboxylic acids is 1. The van der Waals surface area contributed by atoms with Crippen molar-refractivity contribution in [3.63, 3.8) is 0 Å². The molecular weight excluding hydrogens is 343 g/mol. The van der Waals surface area contributed by atoms with Gasteiger partial charge < -0.3 is 10.6 Å². The Hall–Kier alpha value is -2.99. The first-order chi connectivity index (χ1) is 12.1. The molecule has 5 nitrogen and oxygen atoms in total. The van der Waals surface area contributed by atoms with Crippen molar-refractivity contribution >= 4 is 29.0 Å². The smallest absolute Gasteiger partial charge is 0.274 e. The molecule has 1 amide bonds. The number of aromatic nitrogens is 2. The van der Waals surface area contributed by atoms with Crippen LogP contribution in [0.25, 0.3) is 0 Å². The zero-order valence-electron chi connectivity index (χ0n) is 13.0. The molecule has 1 heterocycles. The van der Waals surface area contributed by atoms with Gasteiger partial charge in [-0.25, -0.2) is 14.4 Å². The average molecular weight is 357 g/mol. The van der Waals surface area contributed by atoms with Crippen molar-refractivity contribution in [2.45, 2.75) is 6.54 Å². The van der Waals surface area contributed by atoms with Gasteiger partial charge in [-0.2, -0.15) is 0 Å². The lowest BCUT2D eigenvalue weighted by Crippen LogP contribution is -2.14. The Bertz CT molecular complexity index is 869. The molecular formula is C18H14ClFN4O. The van der Waals surface area contributed by atoms with Gasteiger partial charge in [-0.3, -0.25) is 4.79 Å². The van der Waals surface area contributed by atoms with Crippen LogP contribution in [0.5, 0.6) is 0 Å². The molecule has 1 aromatic heterocycles. The number of anilines is 2.